The molecule has 1 heterocycles. The lowest BCUT2D eigenvalue weighted by atomic mass is 10.1. The highest BCUT2D eigenvalue weighted by molar-refractivity contribution is 5.01. The van der Waals surface area contributed by atoms with Gasteiger partial charge in [-0.25, -0.2) is 0 Å². The summed E-state index contributed by atoms with van der Waals surface area (Å²) in [5.41, 5.74) is 0.823. The van der Waals surface area contributed by atoms with Crippen molar-refractivity contribution in [3.63, 3.8) is 0 Å². The number of rotatable bonds is 2. The standard InChI is InChI=1S/C10H19N/c1-3-9(2)11-7-6-10(8-11)4-5-10/h9H,3-8H2,1-2H3/t9-/m1/s1. The van der Waals surface area contributed by atoms with Gasteiger partial charge in [-0.3, -0.25) is 0 Å². The molecule has 64 valence electrons. The highest BCUT2D eigenvalue weighted by Crippen LogP contribution is 2.53. The van der Waals surface area contributed by atoms with Crippen LogP contribution in [0.2, 0.25) is 0 Å². The van der Waals surface area contributed by atoms with Crippen molar-refractivity contribution in [2.75, 3.05) is 13.1 Å². The molecule has 0 aromatic carbocycles. The Labute approximate surface area is 69.8 Å². The third-order valence-electron chi connectivity index (χ3n) is 3.64. The molecule has 0 aromatic heterocycles. The van der Waals surface area contributed by atoms with E-state index < -0.39 is 0 Å². The third-order valence-corrected chi connectivity index (χ3v) is 3.64. The minimum atomic E-state index is 0.823. The van der Waals surface area contributed by atoms with Gasteiger partial charge in [0.05, 0.1) is 0 Å². The van der Waals surface area contributed by atoms with Gasteiger partial charge in [0.1, 0.15) is 0 Å². The van der Waals surface area contributed by atoms with Gasteiger partial charge in [-0.1, -0.05) is 6.92 Å². The lowest BCUT2D eigenvalue weighted by Crippen LogP contribution is -2.30. The minimum absolute atomic E-state index is 0.823. The van der Waals surface area contributed by atoms with E-state index in [-0.39, 0.29) is 0 Å². The fourth-order valence-corrected chi connectivity index (χ4v) is 2.19. The third kappa shape index (κ3) is 1.31. The second-order valence-electron chi connectivity index (χ2n) is 4.48. The van der Waals surface area contributed by atoms with Crippen molar-refractivity contribution in [3.8, 4) is 0 Å². The van der Waals surface area contributed by atoms with E-state index in [1.165, 1.54) is 38.8 Å². The van der Waals surface area contributed by atoms with Gasteiger partial charge >= 0.3 is 0 Å². The van der Waals surface area contributed by atoms with Crippen molar-refractivity contribution in [2.24, 2.45) is 5.41 Å². The van der Waals surface area contributed by atoms with E-state index in [9.17, 15) is 0 Å². The Morgan fingerprint density at radius 1 is 1.36 bits per heavy atom. The molecule has 1 aliphatic heterocycles. The maximum atomic E-state index is 2.67. The van der Waals surface area contributed by atoms with Crippen molar-refractivity contribution >= 4 is 0 Å². The minimum Gasteiger partial charge on any atom is -0.300 e. The summed E-state index contributed by atoms with van der Waals surface area (Å²) < 4.78 is 0. The summed E-state index contributed by atoms with van der Waals surface area (Å²) in [6.45, 7) is 7.43. The number of hydrogen-bond donors (Lipinski definition) is 0. The Kier molecular flexibility index (Phi) is 1.71. The van der Waals surface area contributed by atoms with Crippen LogP contribution in [0.5, 0.6) is 0 Å². The van der Waals surface area contributed by atoms with Crippen LogP contribution < -0.4 is 0 Å². The maximum absolute atomic E-state index is 2.67. The highest BCUT2D eigenvalue weighted by Gasteiger charge is 2.48. The molecule has 0 bridgehead atoms. The van der Waals surface area contributed by atoms with Gasteiger partial charge in [-0.15, -0.1) is 0 Å². The zero-order chi connectivity index (χ0) is 7.90. The van der Waals surface area contributed by atoms with E-state index >= 15 is 0 Å². The van der Waals surface area contributed by atoms with Gasteiger partial charge in [-0.2, -0.15) is 0 Å². The van der Waals surface area contributed by atoms with Gasteiger partial charge in [0, 0.05) is 12.6 Å². The molecule has 0 radical (unpaired) electrons. The summed E-state index contributed by atoms with van der Waals surface area (Å²) in [7, 11) is 0. The maximum Gasteiger partial charge on any atom is 0.00645 e. The first-order valence-electron chi connectivity index (χ1n) is 5.00. The van der Waals surface area contributed by atoms with Gasteiger partial charge in [0.25, 0.3) is 0 Å². The number of hydrogen-bond acceptors (Lipinski definition) is 1. The summed E-state index contributed by atoms with van der Waals surface area (Å²) in [5.74, 6) is 0. The Bertz CT molecular complexity index is 149. The SMILES string of the molecule is CC[C@@H](C)N1CCC2(CC2)C1. The Balaban J connectivity index is 1.88. The van der Waals surface area contributed by atoms with Crippen LogP contribution in [0.4, 0.5) is 0 Å². The van der Waals surface area contributed by atoms with Crippen LogP contribution in [0.1, 0.15) is 39.5 Å². The molecule has 1 spiro atoms. The van der Waals surface area contributed by atoms with E-state index in [1.807, 2.05) is 0 Å². The van der Waals surface area contributed by atoms with Crippen molar-refractivity contribution in [1.29, 1.82) is 0 Å². The molecule has 11 heavy (non-hydrogen) atoms. The second kappa shape index (κ2) is 2.48. The molecule has 1 aliphatic carbocycles. The zero-order valence-electron chi connectivity index (χ0n) is 7.77. The van der Waals surface area contributed by atoms with Gasteiger partial charge < -0.3 is 4.90 Å². The van der Waals surface area contributed by atoms with Crippen molar-refractivity contribution < 1.29 is 0 Å². The summed E-state index contributed by atoms with van der Waals surface area (Å²) in [6, 6.07) is 0.829. The Morgan fingerprint density at radius 3 is 2.55 bits per heavy atom. The summed E-state index contributed by atoms with van der Waals surface area (Å²) in [6.07, 6.45) is 5.83. The average molecular weight is 153 g/mol. The van der Waals surface area contributed by atoms with Gasteiger partial charge in [0.15, 0.2) is 0 Å². The van der Waals surface area contributed by atoms with Crippen LogP contribution in [0.3, 0.4) is 0 Å². The molecule has 0 amide bonds. The quantitative estimate of drug-likeness (QED) is 0.588. The molecular weight excluding hydrogens is 134 g/mol. The van der Waals surface area contributed by atoms with Crippen molar-refractivity contribution in [1.82, 2.24) is 4.90 Å². The molecular formula is C10H19N. The molecule has 1 nitrogen and oxygen atoms in total. The molecule has 1 saturated heterocycles. The molecule has 0 N–H and O–H groups in total. The van der Waals surface area contributed by atoms with Crippen LogP contribution in [-0.2, 0) is 0 Å². The largest absolute Gasteiger partial charge is 0.300 e. The number of nitrogens with zero attached hydrogens (tertiary/aromatic N) is 1. The number of likely N-dealkylation sites (tertiary alicyclic amines) is 1. The van der Waals surface area contributed by atoms with Crippen LogP contribution in [-0.4, -0.2) is 24.0 Å². The molecule has 0 aromatic rings. The topological polar surface area (TPSA) is 3.24 Å². The van der Waals surface area contributed by atoms with E-state index in [1.54, 1.807) is 0 Å². The van der Waals surface area contributed by atoms with E-state index in [0.717, 1.165) is 11.5 Å². The molecule has 2 aliphatic rings. The van der Waals surface area contributed by atoms with Crippen molar-refractivity contribution in [3.05, 3.63) is 0 Å². The van der Waals surface area contributed by atoms with E-state index in [2.05, 4.69) is 18.7 Å². The first-order chi connectivity index (χ1) is 5.26. The average Bonchev–Trinajstić information content (AvgIpc) is 2.61. The first-order valence-corrected chi connectivity index (χ1v) is 5.00. The van der Waals surface area contributed by atoms with Crippen LogP contribution in [0.15, 0.2) is 0 Å². The molecule has 1 saturated carbocycles. The highest BCUT2D eigenvalue weighted by atomic mass is 15.2. The predicted molar refractivity (Wildman–Crippen MR) is 47.6 cm³/mol. The smallest absolute Gasteiger partial charge is 0.00645 e. The normalized spacial score (nSPS) is 31.1. The zero-order valence-corrected chi connectivity index (χ0v) is 7.77. The monoisotopic (exact) mass is 153 g/mol. The van der Waals surface area contributed by atoms with Crippen LogP contribution >= 0.6 is 0 Å². The van der Waals surface area contributed by atoms with E-state index in [4.69, 9.17) is 0 Å². The van der Waals surface area contributed by atoms with Gasteiger partial charge in [-0.05, 0) is 44.6 Å². The molecule has 1 heteroatoms. The lowest BCUT2D eigenvalue weighted by molar-refractivity contribution is 0.241. The Hall–Kier alpha value is -0.0400. The molecule has 2 fully saturated rings. The molecule has 2 rings (SSSR count). The molecule has 0 unspecified atom stereocenters. The van der Waals surface area contributed by atoms with Crippen LogP contribution in [0, 0.1) is 5.41 Å². The predicted octanol–water partition coefficient (Wildman–Crippen LogP) is 2.27. The fourth-order valence-electron chi connectivity index (χ4n) is 2.19. The lowest BCUT2D eigenvalue weighted by Gasteiger charge is -2.22. The Morgan fingerprint density at radius 2 is 2.09 bits per heavy atom. The summed E-state index contributed by atoms with van der Waals surface area (Å²) in [5, 5.41) is 0. The van der Waals surface area contributed by atoms with Gasteiger partial charge in [0.2, 0.25) is 0 Å². The molecule has 1 atom stereocenters. The summed E-state index contributed by atoms with van der Waals surface area (Å²) in [4.78, 5) is 2.67. The van der Waals surface area contributed by atoms with Crippen molar-refractivity contribution in [2.45, 2.75) is 45.6 Å². The summed E-state index contributed by atoms with van der Waals surface area (Å²) >= 11 is 0. The fraction of sp³-hybridized carbons (Fsp3) is 1.00. The van der Waals surface area contributed by atoms with Crippen LogP contribution in [0.25, 0.3) is 0 Å². The second-order valence-corrected chi connectivity index (χ2v) is 4.48. The first kappa shape index (κ1) is 7.60. The van der Waals surface area contributed by atoms with E-state index in [0.29, 0.717) is 0 Å².